The summed E-state index contributed by atoms with van der Waals surface area (Å²) >= 11 is 0. The van der Waals surface area contributed by atoms with E-state index in [9.17, 15) is 21.2 Å². The molecule has 0 aromatic heterocycles. The van der Waals surface area contributed by atoms with Crippen LogP contribution in [0, 0.1) is 5.41 Å². The average molecular weight is 487 g/mol. The third-order valence-corrected chi connectivity index (χ3v) is 11.3. The van der Waals surface area contributed by atoms with Crippen LogP contribution in [0.3, 0.4) is 0 Å². The summed E-state index contributed by atoms with van der Waals surface area (Å²) < 4.78 is 72.1. The summed E-state index contributed by atoms with van der Waals surface area (Å²) in [4.78, 5) is 0.233. The second kappa shape index (κ2) is 8.70. The third-order valence-electron chi connectivity index (χ3n) is 7.24. The van der Waals surface area contributed by atoms with Crippen molar-refractivity contribution in [3.05, 3.63) is 36.2 Å². The molecule has 7 nitrogen and oxygen atoms in total. The Labute approximate surface area is 189 Å². The molecule has 4 saturated carbocycles. The smallest absolute Gasteiger partial charge is 0.214 e. The predicted molar refractivity (Wildman–Crippen MR) is 120 cm³/mol. The van der Waals surface area contributed by atoms with Crippen LogP contribution in [-0.2, 0) is 19.9 Å². The van der Waals surface area contributed by atoms with Crippen molar-refractivity contribution < 1.29 is 26.0 Å². The van der Waals surface area contributed by atoms with Crippen LogP contribution in [0.5, 0.6) is 5.75 Å². The first-order chi connectivity index (χ1) is 15.1. The predicted octanol–water partition coefficient (Wildman–Crippen LogP) is 2.83. The van der Waals surface area contributed by atoms with Gasteiger partial charge < -0.3 is 10.5 Å². The number of hydrogen-bond donors (Lipinski definition) is 2. The standard InChI is InChI=1S/C22H31FN2O5S2/c23-13-17(14-24)15-30-18-1-3-19(4-2-18)31(26,27)16-21-7-10-22(11-8-21,12-9-21)25-32(28,29)20-5-6-20/h1-4,13,20,25H,5-12,14-16,24H2/b17-13+. The maximum absolute atomic E-state index is 13.1. The van der Waals surface area contributed by atoms with E-state index in [1.807, 2.05) is 0 Å². The lowest BCUT2D eigenvalue weighted by molar-refractivity contribution is 0.0532. The lowest BCUT2D eigenvalue weighted by Gasteiger charge is -2.53. The second-order valence-electron chi connectivity index (χ2n) is 9.62. The number of benzene rings is 1. The maximum atomic E-state index is 13.1. The Balaban J connectivity index is 1.38. The van der Waals surface area contributed by atoms with Gasteiger partial charge in [-0.1, -0.05) is 0 Å². The van der Waals surface area contributed by atoms with Gasteiger partial charge in [0.2, 0.25) is 10.0 Å². The van der Waals surface area contributed by atoms with Gasteiger partial charge in [-0.3, -0.25) is 0 Å². The van der Waals surface area contributed by atoms with Crippen LogP contribution in [0.1, 0.15) is 51.4 Å². The fourth-order valence-corrected chi connectivity index (χ4v) is 8.73. The summed E-state index contributed by atoms with van der Waals surface area (Å²) in [5.74, 6) is 0.506. The Morgan fingerprint density at radius 1 is 1.06 bits per heavy atom. The molecule has 0 unspecified atom stereocenters. The Hall–Kier alpha value is -1.49. The van der Waals surface area contributed by atoms with Gasteiger partial charge in [0.15, 0.2) is 9.84 Å². The second-order valence-corrected chi connectivity index (χ2v) is 13.6. The molecule has 3 N–H and O–H groups in total. The topological polar surface area (TPSA) is 116 Å². The van der Waals surface area contributed by atoms with Gasteiger partial charge in [-0.05, 0) is 81.0 Å². The SMILES string of the molecule is NC/C(=C\F)COc1ccc(S(=O)(=O)CC23CCC(NS(=O)(=O)C4CC4)(CC2)CC3)cc1. The van der Waals surface area contributed by atoms with Crippen molar-refractivity contribution in [1.29, 1.82) is 0 Å². The number of nitrogens with one attached hydrogen (secondary N) is 1. The van der Waals surface area contributed by atoms with Gasteiger partial charge >= 0.3 is 0 Å². The molecule has 1 aromatic carbocycles. The van der Waals surface area contributed by atoms with Gasteiger partial charge in [0.25, 0.3) is 0 Å². The third kappa shape index (κ3) is 5.03. The summed E-state index contributed by atoms with van der Waals surface area (Å²) in [6.07, 6.45) is 6.06. The lowest BCUT2D eigenvalue weighted by atomic mass is 9.58. The summed E-state index contributed by atoms with van der Waals surface area (Å²) in [6.45, 7) is 0.0584. The van der Waals surface area contributed by atoms with E-state index in [4.69, 9.17) is 10.5 Å². The first kappa shape index (κ1) is 23.7. The zero-order valence-electron chi connectivity index (χ0n) is 18.1. The van der Waals surface area contributed by atoms with Crippen LogP contribution in [0.2, 0.25) is 0 Å². The van der Waals surface area contributed by atoms with E-state index >= 15 is 0 Å². The quantitative estimate of drug-likeness (QED) is 0.525. The molecule has 4 aliphatic rings. The van der Waals surface area contributed by atoms with Gasteiger partial charge in [-0.25, -0.2) is 25.9 Å². The highest BCUT2D eigenvalue weighted by Gasteiger charge is 2.53. The Morgan fingerprint density at radius 3 is 2.16 bits per heavy atom. The molecular weight excluding hydrogens is 455 g/mol. The zero-order chi connectivity index (χ0) is 23.0. The summed E-state index contributed by atoms with van der Waals surface area (Å²) in [7, 11) is -6.77. The minimum Gasteiger partial charge on any atom is -0.489 e. The van der Waals surface area contributed by atoms with E-state index < -0.39 is 25.4 Å². The van der Waals surface area contributed by atoms with E-state index in [0.29, 0.717) is 56.2 Å². The molecular formula is C22H31FN2O5S2. The summed E-state index contributed by atoms with van der Waals surface area (Å²) in [5, 5.41) is -0.243. The van der Waals surface area contributed by atoms with Gasteiger partial charge in [0, 0.05) is 17.7 Å². The van der Waals surface area contributed by atoms with Crippen molar-refractivity contribution in [1.82, 2.24) is 4.72 Å². The monoisotopic (exact) mass is 486 g/mol. The van der Waals surface area contributed by atoms with Crippen LogP contribution in [-0.4, -0.2) is 46.5 Å². The molecule has 4 fully saturated rings. The molecule has 0 spiro atoms. The number of halogens is 1. The normalized spacial score (nSPS) is 28.6. The molecule has 0 amide bonds. The van der Waals surface area contributed by atoms with Crippen LogP contribution in [0.4, 0.5) is 4.39 Å². The van der Waals surface area contributed by atoms with Crippen LogP contribution >= 0.6 is 0 Å². The minimum absolute atomic E-state index is 0.00839. The van der Waals surface area contributed by atoms with E-state index in [-0.39, 0.29) is 34.5 Å². The highest BCUT2D eigenvalue weighted by atomic mass is 32.2. The molecule has 0 saturated heterocycles. The summed E-state index contributed by atoms with van der Waals surface area (Å²) in [5.41, 5.74) is 5.01. The lowest BCUT2D eigenvalue weighted by Crippen LogP contribution is -2.58. The number of sulfone groups is 1. The van der Waals surface area contributed by atoms with Gasteiger partial charge in [-0.15, -0.1) is 0 Å². The minimum atomic E-state index is -3.51. The number of hydrogen-bond acceptors (Lipinski definition) is 6. The number of ether oxygens (including phenoxy) is 1. The Morgan fingerprint density at radius 2 is 1.66 bits per heavy atom. The molecule has 0 heterocycles. The summed E-state index contributed by atoms with van der Waals surface area (Å²) in [6, 6.07) is 6.16. The molecule has 0 atom stereocenters. The van der Waals surface area contributed by atoms with E-state index in [0.717, 1.165) is 12.8 Å². The highest BCUT2D eigenvalue weighted by Crippen LogP contribution is 2.54. The maximum Gasteiger partial charge on any atom is 0.214 e. The molecule has 4 aliphatic carbocycles. The largest absolute Gasteiger partial charge is 0.489 e. The molecule has 5 rings (SSSR count). The molecule has 0 radical (unpaired) electrons. The van der Waals surface area contributed by atoms with Gasteiger partial charge in [0.05, 0.1) is 22.2 Å². The van der Waals surface area contributed by atoms with Crippen molar-refractivity contribution in [3.63, 3.8) is 0 Å². The number of rotatable bonds is 10. The zero-order valence-corrected chi connectivity index (χ0v) is 19.7. The molecule has 32 heavy (non-hydrogen) atoms. The van der Waals surface area contributed by atoms with Crippen LogP contribution in [0.25, 0.3) is 0 Å². The van der Waals surface area contributed by atoms with Crippen LogP contribution < -0.4 is 15.2 Å². The molecule has 2 bridgehead atoms. The van der Waals surface area contributed by atoms with E-state index in [2.05, 4.69) is 4.72 Å². The fraction of sp³-hybridized carbons (Fsp3) is 0.636. The Bertz CT molecular complexity index is 1060. The number of fused-ring (bicyclic) bond motifs is 3. The van der Waals surface area contributed by atoms with Gasteiger partial charge in [-0.2, -0.15) is 0 Å². The first-order valence-electron chi connectivity index (χ1n) is 11.1. The van der Waals surface area contributed by atoms with Crippen molar-refractivity contribution in [3.8, 4) is 5.75 Å². The van der Waals surface area contributed by atoms with Crippen molar-refractivity contribution in [2.45, 2.75) is 67.1 Å². The van der Waals surface area contributed by atoms with E-state index in [1.165, 1.54) is 12.1 Å². The van der Waals surface area contributed by atoms with Crippen molar-refractivity contribution in [2.24, 2.45) is 11.1 Å². The number of sulfonamides is 1. The van der Waals surface area contributed by atoms with E-state index in [1.54, 1.807) is 12.1 Å². The van der Waals surface area contributed by atoms with Crippen LogP contribution in [0.15, 0.2) is 41.1 Å². The molecule has 178 valence electrons. The van der Waals surface area contributed by atoms with Crippen molar-refractivity contribution >= 4 is 19.9 Å². The average Bonchev–Trinajstić information content (AvgIpc) is 3.62. The van der Waals surface area contributed by atoms with Gasteiger partial charge in [0.1, 0.15) is 12.4 Å². The molecule has 0 aliphatic heterocycles. The van der Waals surface area contributed by atoms with Crippen molar-refractivity contribution in [2.75, 3.05) is 18.9 Å². The fourth-order valence-electron chi connectivity index (χ4n) is 4.94. The Kier molecular flexibility index (Phi) is 6.43. The highest BCUT2D eigenvalue weighted by molar-refractivity contribution is 7.91. The molecule has 10 heteroatoms. The first-order valence-corrected chi connectivity index (χ1v) is 14.3. The molecule has 1 aromatic rings. The number of nitrogens with two attached hydrogens (primary N) is 1.